The van der Waals surface area contributed by atoms with E-state index in [0.29, 0.717) is 25.4 Å². The first kappa shape index (κ1) is 26.3. The van der Waals surface area contributed by atoms with Crippen LogP contribution in [-0.2, 0) is 33.3 Å². The topological polar surface area (TPSA) is 78.0 Å². The number of carbonyl (C=O) groups is 2. The molecule has 1 aliphatic rings. The highest BCUT2D eigenvalue weighted by Gasteiger charge is 2.37. The van der Waals surface area contributed by atoms with Crippen molar-refractivity contribution in [3.63, 3.8) is 0 Å². The van der Waals surface area contributed by atoms with E-state index in [-0.39, 0.29) is 11.1 Å². The van der Waals surface area contributed by atoms with E-state index < -0.39 is 19.9 Å². The van der Waals surface area contributed by atoms with Crippen molar-refractivity contribution in [2.45, 2.75) is 91.1 Å². The average Bonchev–Trinajstić information content (AvgIpc) is 3.14. The fourth-order valence-corrected chi connectivity index (χ4v) is 4.50. The normalized spacial score (nSPS) is 14.2. The molecule has 2 rings (SSSR count). The van der Waals surface area contributed by atoms with Crippen LogP contribution in [0.1, 0.15) is 75.1 Å². The Bertz CT molecular complexity index is 840. The number of hydrogen-bond acceptors (Lipinski definition) is 6. The van der Waals surface area contributed by atoms with E-state index in [1.165, 1.54) is 7.11 Å². The van der Waals surface area contributed by atoms with Gasteiger partial charge in [-0.1, -0.05) is 20.8 Å². The summed E-state index contributed by atoms with van der Waals surface area (Å²) >= 11 is 0. The van der Waals surface area contributed by atoms with Crippen LogP contribution in [0, 0.1) is 0 Å². The van der Waals surface area contributed by atoms with E-state index in [2.05, 4.69) is 38.8 Å². The molecule has 1 aromatic rings. The molecule has 0 unspecified atom stereocenters. The predicted octanol–water partition coefficient (Wildman–Crippen LogP) is 5.12. The molecule has 180 valence electrons. The number of pyridine rings is 1. The molecule has 0 aliphatic heterocycles. The number of esters is 1. The lowest BCUT2D eigenvalue weighted by Gasteiger charge is -2.37. The average molecular weight is 465 g/mol. The van der Waals surface area contributed by atoms with Crippen molar-refractivity contribution in [1.29, 1.82) is 0 Å². The lowest BCUT2D eigenvalue weighted by atomic mass is 10.0. The molecule has 0 atom stereocenters. The molecule has 0 saturated carbocycles. The van der Waals surface area contributed by atoms with E-state index in [1.807, 2.05) is 20.8 Å². The molecule has 8 heteroatoms. The summed E-state index contributed by atoms with van der Waals surface area (Å²) in [5.74, 6) is -0.415. The summed E-state index contributed by atoms with van der Waals surface area (Å²) in [6, 6.07) is 0. The maximum atomic E-state index is 13.0. The number of ether oxygens (including phenoxy) is 2. The molecule has 0 saturated heterocycles. The van der Waals surface area contributed by atoms with Gasteiger partial charge in [-0.2, -0.15) is 0 Å². The Morgan fingerprint density at radius 1 is 1.09 bits per heavy atom. The van der Waals surface area contributed by atoms with Crippen molar-refractivity contribution in [2.24, 2.45) is 0 Å². The Morgan fingerprint density at radius 2 is 1.72 bits per heavy atom. The summed E-state index contributed by atoms with van der Waals surface area (Å²) in [7, 11) is -0.562. The molecule has 0 fully saturated rings. The van der Waals surface area contributed by atoms with Crippen molar-refractivity contribution < 1.29 is 23.5 Å². The van der Waals surface area contributed by atoms with Gasteiger partial charge < -0.3 is 18.8 Å². The van der Waals surface area contributed by atoms with E-state index in [1.54, 1.807) is 11.1 Å². The van der Waals surface area contributed by atoms with Gasteiger partial charge in [0.15, 0.2) is 14.0 Å². The molecule has 0 aromatic carbocycles. The van der Waals surface area contributed by atoms with E-state index >= 15 is 0 Å². The largest absolute Gasteiger partial charge is 0.464 e. The minimum Gasteiger partial charge on any atom is -0.464 e. The number of methoxy groups -OCH3 is 1. The summed E-state index contributed by atoms with van der Waals surface area (Å²) in [6.07, 6.45) is 3.93. The summed E-state index contributed by atoms with van der Waals surface area (Å²) < 4.78 is 16.9. The maximum Gasteiger partial charge on any atom is 0.410 e. The molecule has 0 radical (unpaired) electrons. The first-order valence-electron chi connectivity index (χ1n) is 11.4. The molecular weight excluding hydrogens is 424 g/mol. The zero-order chi connectivity index (χ0) is 24.3. The summed E-state index contributed by atoms with van der Waals surface area (Å²) in [4.78, 5) is 31.2. The summed E-state index contributed by atoms with van der Waals surface area (Å²) in [5, 5.41) is 0.0954. The molecule has 1 heterocycles. The van der Waals surface area contributed by atoms with Crippen LogP contribution in [0.3, 0.4) is 0 Å². The molecule has 1 amide bonds. The third-order valence-corrected chi connectivity index (χ3v) is 10.8. The van der Waals surface area contributed by atoms with Crippen LogP contribution in [0.5, 0.6) is 0 Å². The first-order chi connectivity index (χ1) is 14.7. The van der Waals surface area contributed by atoms with Gasteiger partial charge in [0.05, 0.1) is 20.3 Å². The van der Waals surface area contributed by atoms with Crippen LogP contribution in [0.4, 0.5) is 4.79 Å². The van der Waals surface area contributed by atoms with Gasteiger partial charge in [0.25, 0.3) is 0 Å². The van der Waals surface area contributed by atoms with Crippen molar-refractivity contribution in [3.8, 4) is 0 Å². The van der Waals surface area contributed by atoms with E-state index in [9.17, 15) is 9.59 Å². The molecule has 1 aliphatic carbocycles. The second-order valence-electron chi connectivity index (χ2n) is 10.9. The number of amides is 1. The maximum absolute atomic E-state index is 13.0. The smallest absolute Gasteiger partial charge is 0.410 e. The molecule has 0 spiro atoms. The molecule has 7 nitrogen and oxygen atoms in total. The van der Waals surface area contributed by atoms with Crippen LogP contribution in [0.2, 0.25) is 18.1 Å². The summed E-state index contributed by atoms with van der Waals surface area (Å²) in [5.41, 5.74) is 2.78. The minimum atomic E-state index is -1.93. The Hall–Kier alpha value is -1.93. The Labute approximate surface area is 194 Å². The number of nitrogens with zero attached hydrogens (tertiary/aromatic N) is 2. The number of fused-ring (bicyclic) bond motifs is 1. The van der Waals surface area contributed by atoms with E-state index in [0.717, 1.165) is 36.0 Å². The predicted molar refractivity (Wildman–Crippen MR) is 127 cm³/mol. The van der Waals surface area contributed by atoms with E-state index in [4.69, 9.17) is 13.9 Å². The van der Waals surface area contributed by atoms with Crippen molar-refractivity contribution >= 4 is 20.4 Å². The summed E-state index contributed by atoms with van der Waals surface area (Å²) in [6.45, 7) is 17.8. The van der Waals surface area contributed by atoms with Gasteiger partial charge in [-0.15, -0.1) is 0 Å². The zero-order valence-corrected chi connectivity index (χ0v) is 22.3. The first-order valence-corrected chi connectivity index (χ1v) is 14.3. The molecule has 1 aromatic heterocycles. The fraction of sp³-hybridized carbons (Fsp3) is 0.708. The fourth-order valence-electron chi connectivity index (χ4n) is 3.46. The monoisotopic (exact) mass is 464 g/mol. The third-order valence-electron chi connectivity index (χ3n) is 6.26. The Kier molecular flexibility index (Phi) is 8.15. The van der Waals surface area contributed by atoms with Gasteiger partial charge in [0.2, 0.25) is 0 Å². The highest BCUT2D eigenvalue weighted by atomic mass is 28.4. The highest BCUT2D eigenvalue weighted by Crippen LogP contribution is 2.36. The molecular formula is C24H40N2O5Si. The standard InChI is InChI=1S/C24H40N2O5Si/c1-23(2,3)31-22(28)26(13-14-30-32(8,9)24(4,5)6)16-17-15-25-20(21(27)29-7)19-12-10-11-18(17)19/h15H,10-14,16H2,1-9H3. The molecule has 32 heavy (non-hydrogen) atoms. The lowest BCUT2D eigenvalue weighted by Crippen LogP contribution is -2.44. The molecule has 0 bridgehead atoms. The quantitative estimate of drug-likeness (QED) is 0.412. The SMILES string of the molecule is COC(=O)c1ncc(CN(CCO[Si](C)(C)C(C)(C)C)C(=O)OC(C)(C)C)c2c1CCC2. The number of carbonyl (C=O) groups excluding carboxylic acids is 2. The van der Waals surface area contributed by atoms with Crippen LogP contribution in [0.25, 0.3) is 0 Å². The van der Waals surface area contributed by atoms with Crippen LogP contribution in [0.15, 0.2) is 6.20 Å². The zero-order valence-electron chi connectivity index (χ0n) is 21.3. The highest BCUT2D eigenvalue weighted by molar-refractivity contribution is 6.74. The van der Waals surface area contributed by atoms with Gasteiger partial charge in [-0.05, 0) is 74.9 Å². The van der Waals surface area contributed by atoms with Crippen LogP contribution in [-0.4, -0.2) is 56.1 Å². The second-order valence-corrected chi connectivity index (χ2v) is 15.8. The van der Waals surface area contributed by atoms with Crippen LogP contribution >= 0.6 is 0 Å². The molecule has 0 N–H and O–H groups in total. The minimum absolute atomic E-state index is 0.0954. The second kappa shape index (κ2) is 9.91. The van der Waals surface area contributed by atoms with Gasteiger partial charge in [-0.3, -0.25) is 0 Å². The lowest BCUT2D eigenvalue weighted by molar-refractivity contribution is 0.0204. The Balaban J connectivity index is 2.25. The van der Waals surface area contributed by atoms with Gasteiger partial charge in [0.1, 0.15) is 5.60 Å². The number of rotatable bonds is 7. The van der Waals surface area contributed by atoms with Gasteiger partial charge in [0, 0.05) is 12.7 Å². The van der Waals surface area contributed by atoms with Crippen molar-refractivity contribution in [2.75, 3.05) is 20.3 Å². The number of hydrogen-bond donors (Lipinski definition) is 0. The number of aromatic nitrogens is 1. The van der Waals surface area contributed by atoms with Gasteiger partial charge >= 0.3 is 12.1 Å². The van der Waals surface area contributed by atoms with Crippen molar-refractivity contribution in [1.82, 2.24) is 9.88 Å². The third kappa shape index (κ3) is 6.54. The van der Waals surface area contributed by atoms with Crippen molar-refractivity contribution in [3.05, 3.63) is 28.6 Å². The Morgan fingerprint density at radius 3 is 2.28 bits per heavy atom. The van der Waals surface area contributed by atoms with Crippen LogP contribution < -0.4 is 0 Å². The van der Waals surface area contributed by atoms with Gasteiger partial charge in [-0.25, -0.2) is 14.6 Å².